The molecule has 0 spiro atoms. The van der Waals surface area contributed by atoms with Gasteiger partial charge in [-0.15, -0.1) is 10.2 Å². The number of nitrogens with zero attached hydrogens (tertiary/aromatic N) is 6. The summed E-state index contributed by atoms with van der Waals surface area (Å²) in [5.41, 5.74) is 0. The van der Waals surface area contributed by atoms with Crippen LogP contribution in [0.25, 0.3) is 0 Å². The Bertz CT molecular complexity index is 914. The zero-order chi connectivity index (χ0) is 18.8. The van der Waals surface area contributed by atoms with Gasteiger partial charge in [0.25, 0.3) is 5.91 Å². The Kier molecular flexibility index (Phi) is 4.76. The molecule has 4 heterocycles. The number of carbonyl (C=O) groups excluding carboxylic acids is 1. The van der Waals surface area contributed by atoms with E-state index in [1.165, 1.54) is 0 Å². The normalized spacial score (nSPS) is 17.4. The summed E-state index contributed by atoms with van der Waals surface area (Å²) in [5.74, 6) is 2.37. The van der Waals surface area contributed by atoms with E-state index >= 15 is 0 Å². The Hall–Kier alpha value is -2.94. The summed E-state index contributed by atoms with van der Waals surface area (Å²) in [6, 6.07) is 3.24. The Labute approximate surface area is 156 Å². The molecule has 1 unspecified atom stereocenters. The van der Waals surface area contributed by atoms with Crippen molar-refractivity contribution in [3.8, 4) is 0 Å². The molecule has 27 heavy (non-hydrogen) atoms. The maximum Gasteiger partial charge on any atom is 0.289 e. The molecule has 0 bridgehead atoms. The van der Waals surface area contributed by atoms with Gasteiger partial charge in [-0.1, -0.05) is 0 Å². The molecule has 1 saturated heterocycles. The summed E-state index contributed by atoms with van der Waals surface area (Å²) in [4.78, 5) is 18.5. The van der Waals surface area contributed by atoms with Gasteiger partial charge in [-0.2, -0.15) is 0 Å². The number of furan rings is 1. The molecule has 1 fully saturated rings. The van der Waals surface area contributed by atoms with Crippen LogP contribution in [-0.4, -0.2) is 53.3 Å². The molecule has 0 aromatic carbocycles. The van der Waals surface area contributed by atoms with Gasteiger partial charge in [0.1, 0.15) is 18.2 Å². The summed E-state index contributed by atoms with van der Waals surface area (Å²) in [6.07, 6.45) is 7.23. The van der Waals surface area contributed by atoms with E-state index in [0.717, 1.165) is 24.5 Å². The molecule has 1 aliphatic rings. The van der Waals surface area contributed by atoms with E-state index in [-0.39, 0.29) is 24.2 Å². The summed E-state index contributed by atoms with van der Waals surface area (Å²) < 4.78 is 9.35. The van der Waals surface area contributed by atoms with Crippen molar-refractivity contribution in [1.29, 1.82) is 0 Å². The quantitative estimate of drug-likeness (QED) is 0.723. The maximum atomic E-state index is 12.7. The second kappa shape index (κ2) is 7.36. The maximum absolute atomic E-state index is 12.7. The van der Waals surface area contributed by atoms with Crippen LogP contribution >= 0.6 is 0 Å². The van der Waals surface area contributed by atoms with Crippen LogP contribution in [0.1, 0.15) is 46.7 Å². The van der Waals surface area contributed by atoms with E-state index in [1.54, 1.807) is 29.6 Å². The molecule has 1 N–H and O–H groups in total. The van der Waals surface area contributed by atoms with E-state index in [2.05, 4.69) is 15.2 Å². The molecule has 0 aliphatic carbocycles. The van der Waals surface area contributed by atoms with Crippen molar-refractivity contribution in [2.75, 3.05) is 13.1 Å². The molecule has 3 aromatic heterocycles. The molecule has 1 aliphatic heterocycles. The Morgan fingerprint density at radius 1 is 1.37 bits per heavy atom. The van der Waals surface area contributed by atoms with Crippen molar-refractivity contribution in [3.05, 3.63) is 54.0 Å². The van der Waals surface area contributed by atoms with Crippen LogP contribution < -0.4 is 0 Å². The Morgan fingerprint density at radius 2 is 2.26 bits per heavy atom. The topological polar surface area (TPSA) is 102 Å². The third-order valence-electron chi connectivity index (χ3n) is 4.98. The number of aromatic nitrogens is 5. The van der Waals surface area contributed by atoms with E-state index < -0.39 is 0 Å². The van der Waals surface area contributed by atoms with Gasteiger partial charge in [0.2, 0.25) is 0 Å². The first-order valence-corrected chi connectivity index (χ1v) is 8.98. The predicted molar refractivity (Wildman–Crippen MR) is 94.8 cm³/mol. The minimum atomic E-state index is -0.214. The minimum Gasteiger partial charge on any atom is -0.453 e. The Morgan fingerprint density at radius 3 is 3.00 bits per heavy atom. The number of piperidine rings is 1. The van der Waals surface area contributed by atoms with Gasteiger partial charge in [0, 0.05) is 38.4 Å². The molecule has 9 nitrogen and oxygen atoms in total. The van der Waals surface area contributed by atoms with Crippen molar-refractivity contribution in [2.24, 2.45) is 7.05 Å². The van der Waals surface area contributed by atoms with Crippen molar-refractivity contribution >= 4 is 5.91 Å². The number of aliphatic hydroxyl groups excluding tert-OH is 1. The second-order valence-corrected chi connectivity index (χ2v) is 6.78. The molecular formula is C18H22N6O3. The standard InChI is InChI=1S/C18H22N6O3/c1-22-16(10-23-8-6-19-12-23)20-21-17(22)13-3-2-7-24(9-13)18(26)15-5-4-14(11-25)27-15/h4-6,8,12-13,25H,2-3,7,9-11H2,1H3. The van der Waals surface area contributed by atoms with Crippen LogP contribution in [0.5, 0.6) is 0 Å². The van der Waals surface area contributed by atoms with E-state index in [0.29, 0.717) is 25.4 Å². The number of likely N-dealkylation sites (tertiary alicyclic amines) is 1. The summed E-state index contributed by atoms with van der Waals surface area (Å²) in [7, 11) is 1.96. The van der Waals surface area contributed by atoms with Crippen molar-refractivity contribution in [1.82, 2.24) is 29.2 Å². The van der Waals surface area contributed by atoms with Crippen LogP contribution in [0.2, 0.25) is 0 Å². The molecule has 142 valence electrons. The van der Waals surface area contributed by atoms with Crippen LogP contribution in [-0.2, 0) is 20.2 Å². The predicted octanol–water partition coefficient (Wildman–Crippen LogP) is 1.17. The Balaban J connectivity index is 1.48. The van der Waals surface area contributed by atoms with Crippen LogP contribution in [0.3, 0.4) is 0 Å². The van der Waals surface area contributed by atoms with Crippen LogP contribution in [0.15, 0.2) is 35.3 Å². The zero-order valence-electron chi connectivity index (χ0n) is 15.2. The van der Waals surface area contributed by atoms with Crippen molar-refractivity contribution in [2.45, 2.75) is 31.9 Å². The van der Waals surface area contributed by atoms with Gasteiger partial charge in [-0.25, -0.2) is 4.98 Å². The highest BCUT2D eigenvalue weighted by Gasteiger charge is 2.30. The summed E-state index contributed by atoms with van der Waals surface area (Å²) >= 11 is 0. The van der Waals surface area contributed by atoms with Crippen molar-refractivity contribution < 1.29 is 14.3 Å². The third-order valence-corrected chi connectivity index (χ3v) is 4.98. The highest BCUT2D eigenvalue weighted by atomic mass is 16.4. The number of amides is 1. The number of hydrogen-bond donors (Lipinski definition) is 1. The summed E-state index contributed by atoms with van der Waals surface area (Å²) in [5, 5.41) is 17.8. The fraction of sp³-hybridized carbons (Fsp3) is 0.444. The van der Waals surface area contributed by atoms with Gasteiger partial charge < -0.3 is 23.6 Å². The van der Waals surface area contributed by atoms with Gasteiger partial charge in [0.15, 0.2) is 11.6 Å². The molecule has 0 radical (unpaired) electrons. The van der Waals surface area contributed by atoms with Gasteiger partial charge in [-0.3, -0.25) is 4.79 Å². The van der Waals surface area contributed by atoms with Crippen molar-refractivity contribution in [3.63, 3.8) is 0 Å². The van der Waals surface area contributed by atoms with Gasteiger partial charge in [-0.05, 0) is 25.0 Å². The summed E-state index contributed by atoms with van der Waals surface area (Å²) in [6.45, 7) is 1.65. The molecule has 9 heteroatoms. The number of carbonyl (C=O) groups is 1. The monoisotopic (exact) mass is 370 g/mol. The van der Waals surface area contributed by atoms with Crippen LogP contribution in [0, 0.1) is 0 Å². The smallest absolute Gasteiger partial charge is 0.289 e. The average Bonchev–Trinajstić information content (AvgIpc) is 3.44. The molecule has 0 saturated carbocycles. The second-order valence-electron chi connectivity index (χ2n) is 6.78. The lowest BCUT2D eigenvalue weighted by Crippen LogP contribution is -2.39. The average molecular weight is 370 g/mol. The fourth-order valence-electron chi connectivity index (χ4n) is 3.52. The lowest BCUT2D eigenvalue weighted by atomic mass is 9.97. The molecule has 4 rings (SSSR count). The van der Waals surface area contributed by atoms with Gasteiger partial charge in [0.05, 0.1) is 12.9 Å². The SMILES string of the molecule is Cn1c(Cn2ccnc2)nnc1C1CCCN(C(=O)c2ccc(CO)o2)C1. The lowest BCUT2D eigenvalue weighted by molar-refractivity contribution is 0.0666. The molecule has 1 amide bonds. The minimum absolute atomic E-state index is 0.129. The lowest BCUT2D eigenvalue weighted by Gasteiger charge is -2.31. The highest BCUT2D eigenvalue weighted by molar-refractivity contribution is 5.91. The van der Waals surface area contributed by atoms with E-state index in [1.807, 2.05) is 22.4 Å². The molecule has 1 atom stereocenters. The number of hydrogen-bond acceptors (Lipinski definition) is 6. The number of aliphatic hydroxyl groups is 1. The first-order chi connectivity index (χ1) is 13.2. The first-order valence-electron chi connectivity index (χ1n) is 8.98. The van der Waals surface area contributed by atoms with E-state index in [4.69, 9.17) is 9.52 Å². The zero-order valence-corrected chi connectivity index (χ0v) is 15.2. The molecule has 3 aromatic rings. The van der Waals surface area contributed by atoms with Crippen LogP contribution in [0.4, 0.5) is 0 Å². The van der Waals surface area contributed by atoms with E-state index in [9.17, 15) is 4.79 Å². The van der Waals surface area contributed by atoms with Gasteiger partial charge >= 0.3 is 0 Å². The fourth-order valence-corrected chi connectivity index (χ4v) is 3.52. The molecular weight excluding hydrogens is 348 g/mol. The third kappa shape index (κ3) is 3.50. The number of imidazole rings is 1. The largest absolute Gasteiger partial charge is 0.453 e. The first kappa shape index (κ1) is 17.5. The highest BCUT2D eigenvalue weighted by Crippen LogP contribution is 2.27. The number of rotatable bonds is 5.